The van der Waals surface area contributed by atoms with Gasteiger partial charge in [-0.1, -0.05) is 42.5 Å². The molecule has 0 aliphatic rings. The molecule has 0 heterocycles. The number of rotatable bonds is 8. The van der Waals surface area contributed by atoms with E-state index in [1.807, 2.05) is 12.1 Å². The van der Waals surface area contributed by atoms with Crippen LogP contribution < -0.4 is 16.4 Å². The zero-order valence-electron chi connectivity index (χ0n) is 13.3. The van der Waals surface area contributed by atoms with E-state index in [4.69, 9.17) is 5.73 Å². The van der Waals surface area contributed by atoms with Crippen LogP contribution in [0.1, 0.15) is 5.56 Å². The molecular formula is C17H22ClN3O2S. The van der Waals surface area contributed by atoms with Gasteiger partial charge < -0.3 is 16.4 Å². The lowest BCUT2D eigenvalue weighted by molar-refractivity contribution is -0.125. The first kappa shape index (κ1) is 20.3. The maximum Gasteiger partial charge on any atom is 0.239 e. The minimum atomic E-state index is -0.328. The molecule has 2 amide bonds. The fourth-order valence-corrected chi connectivity index (χ4v) is 3.04. The van der Waals surface area contributed by atoms with Gasteiger partial charge in [0.2, 0.25) is 11.8 Å². The van der Waals surface area contributed by atoms with E-state index in [-0.39, 0.29) is 37.3 Å². The molecule has 0 radical (unpaired) electrons. The summed E-state index contributed by atoms with van der Waals surface area (Å²) >= 11 is 1.77. The molecule has 0 aliphatic carbocycles. The number of hydrogen-bond acceptors (Lipinski definition) is 4. The maximum absolute atomic E-state index is 11.5. The Morgan fingerprint density at radius 3 is 2.54 bits per heavy atom. The van der Waals surface area contributed by atoms with Gasteiger partial charge >= 0.3 is 0 Å². The van der Waals surface area contributed by atoms with E-state index in [0.717, 1.165) is 11.5 Å². The van der Waals surface area contributed by atoms with Crippen molar-refractivity contribution in [3.05, 3.63) is 48.0 Å². The Hall–Kier alpha value is -1.76. The standard InChI is InChI=1S/C17H21N3O2S.ClH/c18-10-16(21)20-11-17(22)19-8-9-23-12-14-6-3-5-13-4-1-2-7-15(13)14;/h1-7H,8-12,18H2,(H,19,22)(H,20,21);1H. The van der Waals surface area contributed by atoms with Crippen molar-refractivity contribution in [3.8, 4) is 0 Å². The van der Waals surface area contributed by atoms with Crippen molar-refractivity contribution in [1.82, 2.24) is 10.6 Å². The van der Waals surface area contributed by atoms with E-state index in [0.29, 0.717) is 6.54 Å². The smallest absolute Gasteiger partial charge is 0.239 e. The summed E-state index contributed by atoms with van der Waals surface area (Å²) in [6.45, 7) is 0.449. The van der Waals surface area contributed by atoms with Gasteiger partial charge in [0, 0.05) is 18.1 Å². The molecule has 0 spiro atoms. The number of nitrogens with one attached hydrogen (secondary N) is 2. The van der Waals surface area contributed by atoms with Crippen LogP contribution in [0.15, 0.2) is 42.5 Å². The Morgan fingerprint density at radius 1 is 1.00 bits per heavy atom. The van der Waals surface area contributed by atoms with Crippen LogP contribution in [0, 0.1) is 0 Å². The Kier molecular flexibility index (Phi) is 9.22. The molecule has 2 aromatic carbocycles. The normalized spacial score (nSPS) is 10.0. The Bertz CT molecular complexity index is 676. The lowest BCUT2D eigenvalue weighted by Crippen LogP contribution is -2.40. The van der Waals surface area contributed by atoms with Gasteiger partial charge in [0.05, 0.1) is 13.1 Å². The fraction of sp³-hybridized carbons (Fsp3) is 0.294. The SMILES string of the molecule is Cl.NCC(=O)NCC(=O)NCCSCc1cccc2ccccc12. The van der Waals surface area contributed by atoms with Crippen LogP contribution in [0.2, 0.25) is 0 Å². The van der Waals surface area contributed by atoms with Crippen LogP contribution >= 0.6 is 24.2 Å². The summed E-state index contributed by atoms with van der Waals surface area (Å²) in [5, 5.41) is 7.73. The van der Waals surface area contributed by atoms with Crippen molar-refractivity contribution in [1.29, 1.82) is 0 Å². The average Bonchev–Trinajstić information content (AvgIpc) is 2.59. The Labute approximate surface area is 152 Å². The molecule has 0 aromatic heterocycles. The number of nitrogens with two attached hydrogens (primary N) is 1. The second-order valence-corrected chi connectivity index (χ2v) is 6.13. The summed E-state index contributed by atoms with van der Waals surface area (Å²) in [6.07, 6.45) is 0. The maximum atomic E-state index is 11.5. The molecule has 130 valence electrons. The third kappa shape index (κ3) is 6.39. The monoisotopic (exact) mass is 367 g/mol. The second kappa shape index (κ2) is 10.9. The molecule has 24 heavy (non-hydrogen) atoms. The number of halogens is 1. The van der Waals surface area contributed by atoms with Gasteiger partial charge in [0.15, 0.2) is 0 Å². The first-order valence-corrected chi connectivity index (χ1v) is 8.64. The minimum Gasteiger partial charge on any atom is -0.354 e. The van der Waals surface area contributed by atoms with E-state index in [1.54, 1.807) is 11.8 Å². The van der Waals surface area contributed by atoms with Crippen molar-refractivity contribution in [2.75, 3.05) is 25.4 Å². The zero-order chi connectivity index (χ0) is 16.5. The predicted molar refractivity (Wildman–Crippen MR) is 102 cm³/mol. The highest BCUT2D eigenvalue weighted by molar-refractivity contribution is 7.98. The van der Waals surface area contributed by atoms with Gasteiger partial charge in [-0.15, -0.1) is 12.4 Å². The first-order chi connectivity index (χ1) is 11.2. The van der Waals surface area contributed by atoms with E-state index in [1.165, 1.54) is 16.3 Å². The summed E-state index contributed by atoms with van der Waals surface area (Å²) < 4.78 is 0. The van der Waals surface area contributed by atoms with Gasteiger partial charge in [-0.2, -0.15) is 11.8 Å². The van der Waals surface area contributed by atoms with Gasteiger partial charge in [-0.3, -0.25) is 9.59 Å². The molecule has 0 saturated heterocycles. The third-order valence-corrected chi connectivity index (χ3v) is 4.35. The number of carbonyl (C=O) groups excluding carboxylic acids is 2. The molecule has 0 bridgehead atoms. The lowest BCUT2D eigenvalue weighted by atomic mass is 10.1. The molecular weight excluding hydrogens is 346 g/mol. The molecule has 5 nitrogen and oxygen atoms in total. The quantitative estimate of drug-likeness (QED) is 0.620. The molecule has 4 N–H and O–H groups in total. The summed E-state index contributed by atoms with van der Waals surface area (Å²) in [5.74, 6) is 1.20. The molecule has 0 saturated carbocycles. The molecule has 2 rings (SSSR count). The molecule has 2 aromatic rings. The highest BCUT2D eigenvalue weighted by Crippen LogP contribution is 2.22. The minimum absolute atomic E-state index is 0. The molecule has 0 aliphatic heterocycles. The van der Waals surface area contributed by atoms with Gasteiger partial charge in [-0.05, 0) is 16.3 Å². The summed E-state index contributed by atoms with van der Waals surface area (Å²) in [6, 6.07) is 14.6. The van der Waals surface area contributed by atoms with Gasteiger partial charge in [-0.25, -0.2) is 0 Å². The number of thioether (sulfide) groups is 1. The van der Waals surface area contributed by atoms with Crippen molar-refractivity contribution < 1.29 is 9.59 Å². The number of carbonyl (C=O) groups is 2. The summed E-state index contributed by atoms with van der Waals surface area (Å²) in [4.78, 5) is 22.4. The predicted octanol–water partition coefficient (Wildman–Crippen LogP) is 1.69. The van der Waals surface area contributed by atoms with Crippen LogP contribution in [-0.4, -0.2) is 37.2 Å². The fourth-order valence-electron chi connectivity index (χ4n) is 2.18. The number of hydrogen-bond donors (Lipinski definition) is 3. The molecule has 0 unspecified atom stereocenters. The van der Waals surface area contributed by atoms with Crippen molar-refractivity contribution in [2.45, 2.75) is 5.75 Å². The highest BCUT2D eigenvalue weighted by Gasteiger charge is 2.04. The molecule has 0 fully saturated rings. The van der Waals surface area contributed by atoms with Gasteiger partial charge in [0.25, 0.3) is 0 Å². The third-order valence-electron chi connectivity index (χ3n) is 3.34. The summed E-state index contributed by atoms with van der Waals surface area (Å²) in [5.41, 5.74) is 6.45. The highest BCUT2D eigenvalue weighted by atomic mass is 35.5. The molecule has 7 heteroatoms. The first-order valence-electron chi connectivity index (χ1n) is 7.48. The Morgan fingerprint density at radius 2 is 1.75 bits per heavy atom. The van der Waals surface area contributed by atoms with E-state index in [2.05, 4.69) is 41.0 Å². The second-order valence-electron chi connectivity index (χ2n) is 5.02. The van der Waals surface area contributed by atoms with Crippen LogP contribution in [0.5, 0.6) is 0 Å². The number of fused-ring (bicyclic) bond motifs is 1. The van der Waals surface area contributed by atoms with E-state index < -0.39 is 0 Å². The van der Waals surface area contributed by atoms with Crippen molar-refractivity contribution in [3.63, 3.8) is 0 Å². The molecule has 0 atom stereocenters. The van der Waals surface area contributed by atoms with Gasteiger partial charge in [0.1, 0.15) is 0 Å². The van der Waals surface area contributed by atoms with E-state index in [9.17, 15) is 9.59 Å². The van der Waals surface area contributed by atoms with E-state index >= 15 is 0 Å². The van der Waals surface area contributed by atoms with Crippen LogP contribution in [0.3, 0.4) is 0 Å². The average molecular weight is 368 g/mol. The zero-order valence-corrected chi connectivity index (χ0v) is 14.9. The van der Waals surface area contributed by atoms with Crippen molar-refractivity contribution in [2.24, 2.45) is 5.73 Å². The number of amides is 2. The summed E-state index contributed by atoms with van der Waals surface area (Å²) in [7, 11) is 0. The van der Waals surface area contributed by atoms with Crippen LogP contribution in [-0.2, 0) is 15.3 Å². The topological polar surface area (TPSA) is 84.2 Å². The number of benzene rings is 2. The van der Waals surface area contributed by atoms with Crippen molar-refractivity contribution >= 4 is 46.8 Å². The van der Waals surface area contributed by atoms with Crippen LogP contribution in [0.4, 0.5) is 0 Å². The Balaban J connectivity index is 0.00000288. The largest absolute Gasteiger partial charge is 0.354 e. The van der Waals surface area contributed by atoms with Crippen LogP contribution in [0.25, 0.3) is 10.8 Å². The lowest BCUT2D eigenvalue weighted by Gasteiger charge is -2.08.